The van der Waals surface area contributed by atoms with Crippen molar-refractivity contribution in [2.75, 3.05) is 0 Å². The number of rotatable bonds is 3. The average Bonchev–Trinajstić information content (AvgIpc) is 2.55. The molecule has 23 heavy (non-hydrogen) atoms. The Hall–Kier alpha value is -0.977. The van der Waals surface area contributed by atoms with Crippen LogP contribution in [0.25, 0.3) is 0 Å². The molecule has 116 valence electrons. The molecule has 0 saturated carbocycles. The first-order chi connectivity index (χ1) is 11.0. The molecule has 0 nitrogen and oxygen atoms in total. The molecule has 0 N–H and O–H groups in total. The van der Waals surface area contributed by atoms with Gasteiger partial charge in [-0.15, -0.1) is 0 Å². The standard InChI is InChI=1S/3C7H7.BrH.Zr/c3*1-7-5-3-2-4-6-7;;/h3*2-5H,1H3;1H;/q;;;;+1/p-1. The second-order valence-electron chi connectivity index (χ2n) is 6.10. The molecule has 0 atom stereocenters. The van der Waals surface area contributed by atoms with Crippen LogP contribution in [0.5, 0.6) is 0 Å². The first-order valence-electron chi connectivity index (χ1n) is 7.92. The van der Waals surface area contributed by atoms with Crippen LogP contribution in [0.15, 0.2) is 72.8 Å². The van der Waals surface area contributed by atoms with Gasteiger partial charge in [0.2, 0.25) is 0 Å². The maximum absolute atomic E-state index is 4.37. The Bertz CT molecular complexity index is 728. The molecule has 0 aromatic heterocycles. The number of hydrogen-bond acceptors (Lipinski definition) is 0. The van der Waals surface area contributed by atoms with Crippen molar-refractivity contribution >= 4 is 22.0 Å². The zero-order valence-electron chi connectivity index (χ0n) is 13.8. The fourth-order valence-corrected chi connectivity index (χ4v) is 20.4. The van der Waals surface area contributed by atoms with Crippen LogP contribution in [-0.2, 0) is 17.9 Å². The Morgan fingerprint density at radius 3 is 1.04 bits per heavy atom. The van der Waals surface area contributed by atoms with Crippen LogP contribution in [0.2, 0.25) is 0 Å². The number of benzene rings is 3. The van der Waals surface area contributed by atoms with E-state index in [1.807, 2.05) is 0 Å². The van der Waals surface area contributed by atoms with Crippen LogP contribution >= 0.6 is 12.2 Å². The van der Waals surface area contributed by atoms with Crippen LogP contribution in [0.4, 0.5) is 0 Å². The van der Waals surface area contributed by atoms with Gasteiger partial charge in [0.05, 0.1) is 0 Å². The molecule has 0 heterocycles. The first-order valence-corrected chi connectivity index (χ1v) is 17.2. The van der Waals surface area contributed by atoms with Crippen molar-refractivity contribution in [3.05, 3.63) is 89.5 Å². The normalized spacial score (nSPS) is 11.5. The van der Waals surface area contributed by atoms with Gasteiger partial charge in [-0.1, -0.05) is 0 Å². The quantitative estimate of drug-likeness (QED) is 0.564. The monoisotopic (exact) mass is 442 g/mol. The van der Waals surface area contributed by atoms with Gasteiger partial charge in [-0.2, -0.15) is 0 Å². The molecule has 3 rings (SSSR count). The summed E-state index contributed by atoms with van der Waals surface area (Å²) in [5, 5.41) is 0. The van der Waals surface area contributed by atoms with Crippen molar-refractivity contribution in [3.63, 3.8) is 0 Å². The van der Waals surface area contributed by atoms with Crippen LogP contribution in [0, 0.1) is 20.8 Å². The van der Waals surface area contributed by atoms with Crippen molar-refractivity contribution in [3.8, 4) is 0 Å². The van der Waals surface area contributed by atoms with E-state index in [2.05, 4.69) is 106 Å². The number of hydrogen-bond donors (Lipinski definition) is 0. The molecule has 0 aliphatic rings. The summed E-state index contributed by atoms with van der Waals surface area (Å²) in [6.45, 7) is 6.70. The topological polar surface area (TPSA) is 0 Å². The van der Waals surface area contributed by atoms with Gasteiger partial charge in [-0.05, 0) is 0 Å². The van der Waals surface area contributed by atoms with Crippen LogP contribution < -0.4 is 9.81 Å². The van der Waals surface area contributed by atoms with E-state index in [1.165, 1.54) is 26.5 Å². The van der Waals surface area contributed by atoms with E-state index >= 15 is 0 Å². The van der Waals surface area contributed by atoms with E-state index in [-0.39, 0.29) is 0 Å². The summed E-state index contributed by atoms with van der Waals surface area (Å²) < 4.78 is 4.52. The zero-order chi connectivity index (χ0) is 16.4. The van der Waals surface area contributed by atoms with Gasteiger partial charge in [0.1, 0.15) is 0 Å². The van der Waals surface area contributed by atoms with Gasteiger partial charge in [-0.3, -0.25) is 0 Å². The second kappa shape index (κ2) is 6.87. The van der Waals surface area contributed by atoms with E-state index in [4.69, 9.17) is 0 Å². The Morgan fingerprint density at radius 1 is 0.522 bits per heavy atom. The molecule has 0 spiro atoms. The molecule has 0 radical (unpaired) electrons. The van der Waals surface area contributed by atoms with Gasteiger partial charge in [0.15, 0.2) is 0 Å². The third kappa shape index (κ3) is 3.04. The van der Waals surface area contributed by atoms with Crippen molar-refractivity contribution in [1.29, 1.82) is 0 Å². The summed E-state index contributed by atoms with van der Waals surface area (Å²) in [5.41, 5.74) is 4.14. The number of halogens is 1. The Kier molecular flexibility index (Phi) is 5.04. The minimum absolute atomic E-state index is 1.38. The van der Waals surface area contributed by atoms with Gasteiger partial charge in [0.25, 0.3) is 0 Å². The molecule has 3 aromatic carbocycles. The summed E-state index contributed by atoms with van der Waals surface area (Å²) in [7, 11) is 0. The van der Waals surface area contributed by atoms with E-state index in [1.54, 1.807) is 0 Å². The Labute approximate surface area is 149 Å². The third-order valence-electron chi connectivity index (χ3n) is 4.55. The van der Waals surface area contributed by atoms with Crippen LogP contribution in [0.3, 0.4) is 0 Å². The molecular weight excluding hydrogens is 423 g/mol. The summed E-state index contributed by atoms with van der Waals surface area (Å²) in [4.78, 5) is 0. The molecule has 0 bridgehead atoms. The molecule has 3 aromatic rings. The Morgan fingerprint density at radius 2 is 0.783 bits per heavy atom. The molecule has 0 fully saturated rings. The van der Waals surface area contributed by atoms with Crippen molar-refractivity contribution in [2.45, 2.75) is 20.8 Å². The van der Waals surface area contributed by atoms with E-state index < -0.39 is 17.9 Å². The second-order valence-corrected chi connectivity index (χ2v) is 20.3. The molecule has 0 aliphatic carbocycles. The predicted octanol–water partition coefficient (Wildman–Crippen LogP) is 4.35. The SMILES string of the molecule is Cc1cccc[c]1[Zr]([Br])([c]1ccccc1C)[c]1ccccc1C. The van der Waals surface area contributed by atoms with E-state index in [0.29, 0.717) is 0 Å². The number of aryl methyl sites for hydroxylation is 3. The van der Waals surface area contributed by atoms with Gasteiger partial charge in [0, 0.05) is 0 Å². The van der Waals surface area contributed by atoms with Crippen LogP contribution in [0.1, 0.15) is 16.7 Å². The molecule has 0 saturated heterocycles. The van der Waals surface area contributed by atoms with Gasteiger partial charge < -0.3 is 0 Å². The maximum atomic E-state index is 4.37. The summed E-state index contributed by atoms with van der Waals surface area (Å²) in [6, 6.07) is 26.6. The summed E-state index contributed by atoms with van der Waals surface area (Å²) in [6.07, 6.45) is 0. The summed E-state index contributed by atoms with van der Waals surface area (Å²) in [5.74, 6) is 0. The first kappa shape index (κ1) is 16.9. The molecule has 0 aliphatic heterocycles. The fourth-order valence-electron chi connectivity index (χ4n) is 3.31. The Balaban J connectivity index is 2.38. The molecule has 0 unspecified atom stereocenters. The van der Waals surface area contributed by atoms with Crippen molar-refractivity contribution in [2.24, 2.45) is 0 Å². The molecule has 0 amide bonds. The minimum atomic E-state index is -3.15. The van der Waals surface area contributed by atoms with Gasteiger partial charge >= 0.3 is 150 Å². The molecule has 2 heteroatoms. The van der Waals surface area contributed by atoms with Crippen LogP contribution in [-0.4, -0.2) is 0 Å². The third-order valence-corrected chi connectivity index (χ3v) is 21.7. The average molecular weight is 445 g/mol. The van der Waals surface area contributed by atoms with E-state index in [9.17, 15) is 0 Å². The zero-order valence-corrected chi connectivity index (χ0v) is 17.9. The van der Waals surface area contributed by atoms with Crippen molar-refractivity contribution in [1.82, 2.24) is 0 Å². The predicted molar refractivity (Wildman–Crippen MR) is 101 cm³/mol. The van der Waals surface area contributed by atoms with E-state index in [0.717, 1.165) is 0 Å². The molecular formula is C21H21BrZr. The van der Waals surface area contributed by atoms with Gasteiger partial charge in [-0.25, -0.2) is 0 Å². The van der Waals surface area contributed by atoms with Crippen molar-refractivity contribution < 1.29 is 17.9 Å². The summed E-state index contributed by atoms with van der Waals surface area (Å²) >= 11 is 1.22. The fraction of sp³-hybridized carbons (Fsp3) is 0.143.